The normalized spacial score (nSPS) is 11.0. The van der Waals surface area contributed by atoms with E-state index >= 15 is 0 Å². The fraction of sp³-hybridized carbons (Fsp3) is 0.429. The lowest BCUT2D eigenvalue weighted by atomic mass is 9.94. The highest BCUT2D eigenvalue weighted by atomic mass is 15.1. The van der Waals surface area contributed by atoms with Crippen LogP contribution in [0, 0.1) is 55.4 Å². The lowest BCUT2D eigenvalue weighted by Gasteiger charge is -2.30. The maximum absolute atomic E-state index is 2.40. The first-order chi connectivity index (χ1) is 10.2. The summed E-state index contributed by atoms with van der Waals surface area (Å²) in [6, 6.07) is 4.59. The molecule has 0 aromatic heterocycles. The highest BCUT2D eigenvalue weighted by Gasteiger charge is 2.18. The van der Waals surface area contributed by atoms with Gasteiger partial charge in [0.25, 0.3) is 0 Å². The zero-order chi connectivity index (χ0) is 16.8. The quantitative estimate of drug-likeness (QED) is 0.664. The Balaban J connectivity index is 2.77. The molecular formula is C21H29N. The van der Waals surface area contributed by atoms with Crippen LogP contribution in [0.2, 0.25) is 0 Å². The third-order valence-corrected chi connectivity index (χ3v) is 5.32. The molecule has 0 radical (unpaired) electrons. The maximum Gasteiger partial charge on any atom is 0.0472 e. The van der Waals surface area contributed by atoms with Crippen molar-refractivity contribution in [2.75, 3.05) is 11.9 Å². The monoisotopic (exact) mass is 295 g/mol. The zero-order valence-corrected chi connectivity index (χ0v) is 15.6. The molecule has 0 saturated carbocycles. The molecule has 1 heteroatoms. The number of aryl methyl sites for hydroxylation is 4. The molecule has 22 heavy (non-hydrogen) atoms. The summed E-state index contributed by atoms with van der Waals surface area (Å²) in [5.74, 6) is 0. The Morgan fingerprint density at radius 3 is 0.955 bits per heavy atom. The van der Waals surface area contributed by atoms with Crippen LogP contribution >= 0.6 is 0 Å². The minimum absolute atomic E-state index is 1.36. The van der Waals surface area contributed by atoms with Gasteiger partial charge in [-0.15, -0.1) is 0 Å². The van der Waals surface area contributed by atoms with E-state index in [-0.39, 0.29) is 0 Å². The van der Waals surface area contributed by atoms with Crippen LogP contribution < -0.4 is 4.90 Å². The van der Waals surface area contributed by atoms with Gasteiger partial charge in [-0.1, -0.05) is 12.1 Å². The first-order valence-corrected chi connectivity index (χ1v) is 8.05. The van der Waals surface area contributed by atoms with E-state index < -0.39 is 0 Å². The molecule has 0 heterocycles. The van der Waals surface area contributed by atoms with E-state index in [1.54, 1.807) is 0 Å². The molecule has 0 atom stereocenters. The number of anilines is 2. The van der Waals surface area contributed by atoms with Crippen LogP contribution in [0.1, 0.15) is 44.5 Å². The molecule has 2 aromatic rings. The van der Waals surface area contributed by atoms with Crippen LogP contribution in [-0.4, -0.2) is 7.05 Å². The Hall–Kier alpha value is -1.76. The number of hydrogen-bond donors (Lipinski definition) is 0. The van der Waals surface area contributed by atoms with E-state index in [2.05, 4.69) is 79.5 Å². The summed E-state index contributed by atoms with van der Waals surface area (Å²) in [7, 11) is 2.21. The van der Waals surface area contributed by atoms with E-state index in [4.69, 9.17) is 0 Å². The summed E-state index contributed by atoms with van der Waals surface area (Å²) in [5, 5.41) is 0. The summed E-state index contributed by atoms with van der Waals surface area (Å²) >= 11 is 0. The Bertz CT molecular complexity index is 623. The van der Waals surface area contributed by atoms with Crippen molar-refractivity contribution in [3.63, 3.8) is 0 Å². The summed E-state index contributed by atoms with van der Waals surface area (Å²) in [6.45, 7) is 17.8. The van der Waals surface area contributed by atoms with Gasteiger partial charge in [0.2, 0.25) is 0 Å². The predicted octanol–water partition coefficient (Wildman–Crippen LogP) is 5.92. The number of benzene rings is 2. The Labute approximate surface area is 136 Å². The van der Waals surface area contributed by atoms with Gasteiger partial charge in [0.1, 0.15) is 0 Å². The number of rotatable bonds is 2. The minimum Gasteiger partial charge on any atom is -0.344 e. The van der Waals surface area contributed by atoms with Gasteiger partial charge < -0.3 is 4.90 Å². The van der Waals surface area contributed by atoms with Crippen molar-refractivity contribution in [2.45, 2.75) is 55.4 Å². The molecule has 0 unspecified atom stereocenters. The second kappa shape index (κ2) is 5.79. The second-order valence-corrected chi connectivity index (χ2v) is 6.78. The second-order valence-electron chi connectivity index (χ2n) is 6.78. The largest absolute Gasteiger partial charge is 0.344 e. The first-order valence-electron chi connectivity index (χ1n) is 8.05. The first kappa shape index (κ1) is 16.6. The molecule has 0 amide bonds. The predicted molar refractivity (Wildman–Crippen MR) is 98.8 cm³/mol. The molecule has 0 saturated heterocycles. The summed E-state index contributed by atoms with van der Waals surface area (Å²) in [6.07, 6.45) is 0. The maximum atomic E-state index is 2.40. The molecule has 0 aliphatic carbocycles. The van der Waals surface area contributed by atoms with Crippen molar-refractivity contribution >= 4 is 11.4 Å². The summed E-state index contributed by atoms with van der Waals surface area (Å²) in [5.41, 5.74) is 13.7. The minimum atomic E-state index is 1.36. The van der Waals surface area contributed by atoms with Crippen molar-refractivity contribution in [3.8, 4) is 0 Å². The Morgan fingerprint density at radius 1 is 0.500 bits per heavy atom. The Kier molecular flexibility index (Phi) is 4.37. The van der Waals surface area contributed by atoms with Crippen LogP contribution in [0.15, 0.2) is 12.1 Å². The molecule has 118 valence electrons. The van der Waals surface area contributed by atoms with E-state index in [1.807, 2.05) is 0 Å². The van der Waals surface area contributed by atoms with Crippen LogP contribution in [-0.2, 0) is 0 Å². The van der Waals surface area contributed by atoms with Crippen LogP contribution in [0.5, 0.6) is 0 Å². The Morgan fingerprint density at radius 2 is 0.727 bits per heavy atom. The van der Waals surface area contributed by atoms with Gasteiger partial charge in [-0.25, -0.2) is 0 Å². The molecule has 1 nitrogen and oxygen atoms in total. The van der Waals surface area contributed by atoms with Crippen molar-refractivity contribution in [1.29, 1.82) is 0 Å². The fourth-order valence-corrected chi connectivity index (χ4v) is 3.51. The van der Waals surface area contributed by atoms with Gasteiger partial charge in [-0.05, 0) is 99.9 Å². The molecule has 0 bridgehead atoms. The highest BCUT2D eigenvalue weighted by molar-refractivity contribution is 5.76. The molecule has 0 aliphatic rings. The van der Waals surface area contributed by atoms with Gasteiger partial charge in [0, 0.05) is 18.4 Å². The van der Waals surface area contributed by atoms with Gasteiger partial charge in [0.15, 0.2) is 0 Å². The van der Waals surface area contributed by atoms with Crippen molar-refractivity contribution in [3.05, 3.63) is 56.6 Å². The highest BCUT2D eigenvalue weighted by Crippen LogP contribution is 2.38. The van der Waals surface area contributed by atoms with Crippen LogP contribution in [0.4, 0.5) is 11.4 Å². The SMILES string of the molecule is Cc1cc(C)c(C)c(N(C)c2c(C)c(C)cc(C)c2C)c1C. The van der Waals surface area contributed by atoms with Gasteiger partial charge in [-0.3, -0.25) is 0 Å². The summed E-state index contributed by atoms with van der Waals surface area (Å²) < 4.78 is 0. The van der Waals surface area contributed by atoms with Crippen LogP contribution in [0.25, 0.3) is 0 Å². The summed E-state index contributed by atoms with van der Waals surface area (Å²) in [4.78, 5) is 2.40. The molecule has 2 aromatic carbocycles. The van der Waals surface area contributed by atoms with Gasteiger partial charge in [-0.2, -0.15) is 0 Å². The topological polar surface area (TPSA) is 3.24 Å². The smallest absolute Gasteiger partial charge is 0.0472 e. The van der Waals surface area contributed by atoms with E-state index in [0.29, 0.717) is 0 Å². The third-order valence-electron chi connectivity index (χ3n) is 5.32. The molecule has 0 spiro atoms. The van der Waals surface area contributed by atoms with Crippen molar-refractivity contribution < 1.29 is 0 Å². The van der Waals surface area contributed by atoms with E-state index in [0.717, 1.165) is 0 Å². The third kappa shape index (κ3) is 2.54. The van der Waals surface area contributed by atoms with Crippen LogP contribution in [0.3, 0.4) is 0 Å². The zero-order valence-electron chi connectivity index (χ0n) is 15.6. The van der Waals surface area contributed by atoms with E-state index in [1.165, 1.54) is 55.9 Å². The molecule has 0 N–H and O–H groups in total. The standard InChI is InChI=1S/C21H29N/c1-12-10-13(2)17(6)20(16(12)5)22(9)21-18(7)14(3)11-15(4)19(21)8/h10-11H,1-9H3. The van der Waals surface area contributed by atoms with Gasteiger partial charge >= 0.3 is 0 Å². The number of hydrogen-bond acceptors (Lipinski definition) is 1. The average molecular weight is 295 g/mol. The molecular weight excluding hydrogens is 266 g/mol. The van der Waals surface area contributed by atoms with E-state index in [9.17, 15) is 0 Å². The van der Waals surface area contributed by atoms with Gasteiger partial charge in [0.05, 0.1) is 0 Å². The molecule has 2 rings (SSSR count). The molecule has 0 fully saturated rings. The fourth-order valence-electron chi connectivity index (χ4n) is 3.51. The average Bonchev–Trinajstić information content (AvgIpc) is 2.44. The lowest BCUT2D eigenvalue weighted by Crippen LogP contribution is -2.17. The molecule has 0 aliphatic heterocycles. The van der Waals surface area contributed by atoms with Crippen molar-refractivity contribution in [1.82, 2.24) is 0 Å². The lowest BCUT2D eigenvalue weighted by molar-refractivity contribution is 1.09. The number of nitrogens with zero attached hydrogens (tertiary/aromatic N) is 1. The van der Waals surface area contributed by atoms with Crippen molar-refractivity contribution in [2.24, 2.45) is 0 Å².